The van der Waals surface area contributed by atoms with Gasteiger partial charge >= 0.3 is 5.97 Å². The zero-order valence-corrected chi connectivity index (χ0v) is 12.1. The van der Waals surface area contributed by atoms with Gasteiger partial charge in [0.1, 0.15) is 5.82 Å². The smallest absolute Gasteiger partial charge is 0.358 e. The number of nitrogens with two attached hydrogens (primary N) is 1. The highest BCUT2D eigenvalue weighted by atomic mass is 19.1. The normalized spacial score (nSPS) is 10.6. The van der Waals surface area contributed by atoms with Crippen LogP contribution in [-0.4, -0.2) is 29.5 Å². The molecule has 1 aromatic carbocycles. The molecule has 0 unspecified atom stereocenters. The van der Waals surface area contributed by atoms with Crippen molar-refractivity contribution in [3.05, 3.63) is 41.1 Å². The van der Waals surface area contributed by atoms with Crippen LogP contribution in [0.1, 0.15) is 28.0 Å². The molecular weight excluding hydrogens is 273 g/mol. The molecule has 5 nitrogen and oxygen atoms in total. The number of nitrogens with zero attached hydrogens (tertiary/aromatic N) is 2. The number of carbonyl (C=O) groups is 1. The van der Waals surface area contributed by atoms with Gasteiger partial charge in [-0.25, -0.2) is 9.48 Å². The lowest BCUT2D eigenvalue weighted by atomic mass is 10.1. The molecule has 0 amide bonds. The zero-order valence-electron chi connectivity index (χ0n) is 12.1. The average molecular weight is 291 g/mol. The Morgan fingerprint density at radius 1 is 1.38 bits per heavy atom. The number of anilines is 1. The predicted molar refractivity (Wildman–Crippen MR) is 78.3 cm³/mol. The summed E-state index contributed by atoms with van der Waals surface area (Å²) in [6.07, 6.45) is 0.631. The standard InChI is InChI=1S/C15H18FN3O2/c1-10-5-7-11(8-6-10)19-14(17)12(4-3-9-16)13(18-19)15(20)21-2/h5-8H,3-4,9,17H2,1-2H3. The van der Waals surface area contributed by atoms with E-state index < -0.39 is 12.6 Å². The second-order valence-electron chi connectivity index (χ2n) is 4.74. The number of hydrogen-bond donors (Lipinski definition) is 1. The topological polar surface area (TPSA) is 70.1 Å². The predicted octanol–water partition coefficient (Wildman–Crippen LogP) is 2.45. The molecule has 0 spiro atoms. The van der Waals surface area contributed by atoms with Crippen LogP contribution in [0.25, 0.3) is 5.69 Å². The van der Waals surface area contributed by atoms with E-state index in [1.807, 2.05) is 31.2 Å². The second-order valence-corrected chi connectivity index (χ2v) is 4.74. The van der Waals surface area contributed by atoms with Crippen LogP contribution in [0.2, 0.25) is 0 Å². The Labute approximate surface area is 122 Å². The van der Waals surface area contributed by atoms with Crippen molar-refractivity contribution in [2.75, 3.05) is 19.5 Å². The van der Waals surface area contributed by atoms with E-state index in [1.165, 1.54) is 11.8 Å². The molecule has 1 aromatic heterocycles. The van der Waals surface area contributed by atoms with Crippen molar-refractivity contribution in [1.82, 2.24) is 9.78 Å². The van der Waals surface area contributed by atoms with E-state index in [0.29, 0.717) is 17.8 Å². The minimum absolute atomic E-state index is 0.143. The number of aryl methyl sites for hydroxylation is 1. The molecule has 21 heavy (non-hydrogen) atoms. The lowest BCUT2D eigenvalue weighted by molar-refractivity contribution is 0.0592. The number of benzene rings is 1. The fourth-order valence-corrected chi connectivity index (χ4v) is 2.10. The highest BCUT2D eigenvalue weighted by Gasteiger charge is 2.22. The first-order valence-electron chi connectivity index (χ1n) is 6.67. The van der Waals surface area contributed by atoms with Crippen LogP contribution in [-0.2, 0) is 11.2 Å². The van der Waals surface area contributed by atoms with Crippen LogP contribution in [0, 0.1) is 6.92 Å². The van der Waals surface area contributed by atoms with Crippen molar-refractivity contribution in [3.63, 3.8) is 0 Å². The number of hydrogen-bond acceptors (Lipinski definition) is 4. The van der Waals surface area contributed by atoms with E-state index in [4.69, 9.17) is 10.5 Å². The second kappa shape index (κ2) is 6.39. The lowest BCUT2D eigenvalue weighted by Crippen LogP contribution is -2.06. The molecule has 0 saturated heterocycles. The summed E-state index contributed by atoms with van der Waals surface area (Å²) in [5.74, 6) is -0.228. The summed E-state index contributed by atoms with van der Waals surface area (Å²) in [5, 5.41) is 4.23. The molecule has 0 radical (unpaired) electrons. The number of halogens is 1. The van der Waals surface area contributed by atoms with Crippen LogP contribution < -0.4 is 5.73 Å². The molecular formula is C15H18FN3O2. The van der Waals surface area contributed by atoms with Crippen molar-refractivity contribution in [2.45, 2.75) is 19.8 Å². The molecule has 2 N–H and O–H groups in total. The maximum absolute atomic E-state index is 12.4. The molecule has 0 atom stereocenters. The number of aromatic nitrogens is 2. The van der Waals surface area contributed by atoms with Gasteiger partial charge in [0.25, 0.3) is 0 Å². The lowest BCUT2D eigenvalue weighted by Gasteiger charge is -2.05. The largest absolute Gasteiger partial charge is 0.464 e. The summed E-state index contributed by atoms with van der Waals surface area (Å²) in [6.45, 7) is 1.50. The highest BCUT2D eigenvalue weighted by Crippen LogP contribution is 2.23. The van der Waals surface area contributed by atoms with Crippen LogP contribution >= 0.6 is 0 Å². The quantitative estimate of drug-likeness (QED) is 0.859. The van der Waals surface area contributed by atoms with Gasteiger partial charge in [0, 0.05) is 5.56 Å². The Bertz CT molecular complexity index is 635. The third kappa shape index (κ3) is 3.04. The number of ether oxygens (including phenoxy) is 1. The SMILES string of the molecule is COC(=O)c1nn(-c2ccc(C)cc2)c(N)c1CCCF. The Balaban J connectivity index is 2.49. The van der Waals surface area contributed by atoms with Gasteiger partial charge in [-0.15, -0.1) is 0 Å². The van der Waals surface area contributed by atoms with E-state index in [9.17, 15) is 9.18 Å². The average Bonchev–Trinajstić information content (AvgIpc) is 2.82. The van der Waals surface area contributed by atoms with Crippen LogP contribution in [0.5, 0.6) is 0 Å². The Morgan fingerprint density at radius 2 is 2.05 bits per heavy atom. The van der Waals surface area contributed by atoms with Gasteiger partial charge in [0.05, 0.1) is 19.5 Å². The maximum atomic E-state index is 12.4. The molecule has 0 fully saturated rings. The third-order valence-electron chi connectivity index (χ3n) is 3.24. The molecule has 2 rings (SSSR count). The molecule has 1 heterocycles. The van der Waals surface area contributed by atoms with E-state index >= 15 is 0 Å². The summed E-state index contributed by atoms with van der Waals surface area (Å²) < 4.78 is 18.6. The molecule has 0 saturated carbocycles. The number of alkyl halides is 1. The summed E-state index contributed by atoms with van der Waals surface area (Å²) >= 11 is 0. The van der Waals surface area contributed by atoms with Crippen molar-refractivity contribution in [1.29, 1.82) is 0 Å². The van der Waals surface area contributed by atoms with Crippen LogP contribution in [0.15, 0.2) is 24.3 Å². The van der Waals surface area contributed by atoms with Crippen molar-refractivity contribution < 1.29 is 13.9 Å². The summed E-state index contributed by atoms with van der Waals surface area (Å²) in [7, 11) is 1.28. The number of rotatable bonds is 5. The number of esters is 1. The van der Waals surface area contributed by atoms with E-state index in [-0.39, 0.29) is 12.1 Å². The summed E-state index contributed by atoms with van der Waals surface area (Å²) in [6, 6.07) is 7.57. The van der Waals surface area contributed by atoms with Crippen LogP contribution in [0.4, 0.5) is 10.2 Å². The number of carbonyl (C=O) groups excluding carboxylic acids is 1. The Hall–Kier alpha value is -2.37. The molecule has 6 heteroatoms. The Morgan fingerprint density at radius 3 is 2.62 bits per heavy atom. The van der Waals surface area contributed by atoms with E-state index in [1.54, 1.807) is 0 Å². The van der Waals surface area contributed by atoms with Gasteiger partial charge in [-0.1, -0.05) is 17.7 Å². The molecule has 0 aliphatic rings. The number of methoxy groups -OCH3 is 1. The fourth-order valence-electron chi connectivity index (χ4n) is 2.10. The minimum Gasteiger partial charge on any atom is -0.464 e. The van der Waals surface area contributed by atoms with E-state index in [0.717, 1.165) is 11.3 Å². The van der Waals surface area contributed by atoms with Gasteiger partial charge in [-0.2, -0.15) is 5.10 Å². The molecule has 112 valence electrons. The first kappa shape index (κ1) is 15.0. The van der Waals surface area contributed by atoms with Crippen molar-refractivity contribution in [3.8, 4) is 5.69 Å². The molecule has 0 aliphatic carbocycles. The van der Waals surface area contributed by atoms with Gasteiger partial charge in [0.2, 0.25) is 0 Å². The van der Waals surface area contributed by atoms with Gasteiger partial charge in [0.15, 0.2) is 5.69 Å². The van der Waals surface area contributed by atoms with Crippen LogP contribution in [0.3, 0.4) is 0 Å². The fraction of sp³-hybridized carbons (Fsp3) is 0.333. The molecule has 0 aliphatic heterocycles. The first-order chi connectivity index (χ1) is 10.1. The monoisotopic (exact) mass is 291 g/mol. The van der Waals surface area contributed by atoms with Crippen molar-refractivity contribution >= 4 is 11.8 Å². The third-order valence-corrected chi connectivity index (χ3v) is 3.24. The molecule has 0 bridgehead atoms. The summed E-state index contributed by atoms with van der Waals surface area (Å²) in [4.78, 5) is 11.8. The zero-order chi connectivity index (χ0) is 15.4. The highest BCUT2D eigenvalue weighted by molar-refractivity contribution is 5.90. The van der Waals surface area contributed by atoms with Gasteiger partial charge in [-0.3, -0.25) is 4.39 Å². The van der Waals surface area contributed by atoms with E-state index in [2.05, 4.69) is 5.10 Å². The van der Waals surface area contributed by atoms with Gasteiger partial charge < -0.3 is 10.5 Å². The first-order valence-corrected chi connectivity index (χ1v) is 6.67. The van der Waals surface area contributed by atoms with Crippen molar-refractivity contribution in [2.24, 2.45) is 0 Å². The summed E-state index contributed by atoms with van der Waals surface area (Å²) in [5.41, 5.74) is 8.60. The minimum atomic E-state index is -0.568. The maximum Gasteiger partial charge on any atom is 0.358 e. The molecule has 2 aromatic rings. The number of nitrogen functional groups attached to an aromatic ring is 1. The Kier molecular flexibility index (Phi) is 4.57. The van der Waals surface area contributed by atoms with Gasteiger partial charge in [-0.05, 0) is 31.9 Å².